The van der Waals surface area contributed by atoms with Crippen molar-refractivity contribution in [2.75, 3.05) is 0 Å². The van der Waals surface area contributed by atoms with Gasteiger partial charge >= 0.3 is 7.12 Å². The molecule has 0 bridgehead atoms. The quantitative estimate of drug-likeness (QED) is 0.515. The number of nitrogens with one attached hydrogen (secondary N) is 2. The lowest BCUT2D eigenvalue weighted by molar-refractivity contribution is -0.123. The molecule has 1 amide bonds. The standard InChI is InChI=1S/C23H39BN2O5S/c1-16(2)14-19(26-32(28,29)18-12-10-9-11-13-18)21(27)25-20(15-17(3)4)24-30-22(5,6)23(7,8)31-24/h9-13,16-17,19-20,26H,14-15H2,1-8H3,(H,25,27)/t19-,20-/m0/s1. The van der Waals surface area contributed by atoms with Crippen molar-refractivity contribution in [1.29, 1.82) is 0 Å². The average Bonchev–Trinajstić information content (AvgIpc) is 2.88. The second kappa shape index (κ2) is 10.2. The molecule has 32 heavy (non-hydrogen) atoms. The third-order valence-electron chi connectivity index (χ3n) is 6.03. The summed E-state index contributed by atoms with van der Waals surface area (Å²) in [4.78, 5) is 13.4. The highest BCUT2D eigenvalue weighted by Gasteiger charge is 2.54. The Labute approximate surface area is 194 Å². The minimum Gasteiger partial charge on any atom is -0.402 e. The van der Waals surface area contributed by atoms with E-state index in [-0.39, 0.29) is 22.6 Å². The minimum absolute atomic E-state index is 0.115. The average molecular weight is 466 g/mol. The number of carbonyl (C=O) groups is 1. The molecule has 0 saturated carbocycles. The van der Waals surface area contributed by atoms with Crippen molar-refractivity contribution in [2.45, 2.75) is 96.3 Å². The van der Waals surface area contributed by atoms with Crippen molar-refractivity contribution in [3.8, 4) is 0 Å². The second-order valence-electron chi connectivity index (χ2n) is 10.5. The summed E-state index contributed by atoms with van der Waals surface area (Å²) in [7, 11) is -4.45. The van der Waals surface area contributed by atoms with Gasteiger partial charge in [-0.05, 0) is 64.5 Å². The van der Waals surface area contributed by atoms with Gasteiger partial charge in [0.2, 0.25) is 15.9 Å². The Morgan fingerprint density at radius 3 is 1.91 bits per heavy atom. The summed E-state index contributed by atoms with van der Waals surface area (Å²) in [6, 6.07) is 7.18. The van der Waals surface area contributed by atoms with E-state index in [2.05, 4.69) is 23.9 Å². The first-order valence-electron chi connectivity index (χ1n) is 11.4. The fourth-order valence-electron chi connectivity index (χ4n) is 3.62. The van der Waals surface area contributed by atoms with E-state index in [1.165, 1.54) is 12.1 Å². The molecule has 1 heterocycles. The van der Waals surface area contributed by atoms with Crippen LogP contribution in [0.15, 0.2) is 35.2 Å². The van der Waals surface area contributed by atoms with Gasteiger partial charge < -0.3 is 14.6 Å². The van der Waals surface area contributed by atoms with E-state index < -0.39 is 40.3 Å². The number of hydrogen-bond donors (Lipinski definition) is 2. The summed E-state index contributed by atoms with van der Waals surface area (Å²) in [5, 5.41) is 3.03. The van der Waals surface area contributed by atoms with E-state index in [0.717, 1.165) is 0 Å². The largest absolute Gasteiger partial charge is 0.481 e. The molecule has 1 fully saturated rings. The van der Waals surface area contributed by atoms with Crippen molar-refractivity contribution in [1.82, 2.24) is 10.0 Å². The Morgan fingerprint density at radius 2 is 1.44 bits per heavy atom. The van der Waals surface area contributed by atoms with Gasteiger partial charge in [0.15, 0.2) is 0 Å². The van der Waals surface area contributed by atoms with Crippen LogP contribution in [0.2, 0.25) is 0 Å². The fourth-order valence-corrected chi connectivity index (χ4v) is 4.85. The summed E-state index contributed by atoms with van der Waals surface area (Å²) in [5.74, 6) is -0.383. The van der Waals surface area contributed by atoms with E-state index in [0.29, 0.717) is 12.8 Å². The molecular weight excluding hydrogens is 427 g/mol. The second-order valence-corrected chi connectivity index (χ2v) is 12.2. The lowest BCUT2D eigenvalue weighted by atomic mass is 9.74. The minimum atomic E-state index is -3.84. The van der Waals surface area contributed by atoms with E-state index in [9.17, 15) is 13.2 Å². The Balaban J connectivity index is 2.23. The van der Waals surface area contributed by atoms with Gasteiger partial charge in [-0.2, -0.15) is 4.72 Å². The van der Waals surface area contributed by atoms with E-state index in [4.69, 9.17) is 9.31 Å². The molecule has 7 nitrogen and oxygen atoms in total. The van der Waals surface area contributed by atoms with Crippen molar-refractivity contribution < 1.29 is 22.5 Å². The summed E-state index contributed by atoms with van der Waals surface area (Å²) in [6.07, 6.45) is 1.01. The predicted octanol–water partition coefficient (Wildman–Crippen LogP) is 3.54. The number of benzene rings is 1. The fraction of sp³-hybridized carbons (Fsp3) is 0.696. The zero-order chi connectivity index (χ0) is 24.3. The van der Waals surface area contributed by atoms with Gasteiger partial charge in [0.1, 0.15) is 6.04 Å². The maximum atomic E-state index is 13.3. The van der Waals surface area contributed by atoms with Gasteiger partial charge in [0.05, 0.1) is 22.0 Å². The van der Waals surface area contributed by atoms with Crippen LogP contribution >= 0.6 is 0 Å². The van der Waals surface area contributed by atoms with E-state index in [1.54, 1.807) is 18.2 Å². The maximum Gasteiger partial charge on any atom is 0.481 e. The number of carbonyl (C=O) groups excluding carboxylic acids is 1. The van der Waals surface area contributed by atoms with Crippen LogP contribution in [-0.2, 0) is 24.1 Å². The SMILES string of the molecule is CC(C)C[C@H](NC(=O)[C@H](CC(C)C)NS(=O)(=O)c1ccccc1)B1OC(C)(C)C(C)(C)O1. The van der Waals surface area contributed by atoms with Crippen LogP contribution in [-0.4, -0.2) is 44.6 Å². The number of amides is 1. The molecule has 0 aromatic heterocycles. The first-order chi connectivity index (χ1) is 14.6. The van der Waals surface area contributed by atoms with Crippen molar-refractivity contribution in [3.63, 3.8) is 0 Å². The highest BCUT2D eigenvalue weighted by Crippen LogP contribution is 2.38. The smallest absolute Gasteiger partial charge is 0.402 e. The molecule has 2 rings (SSSR count). The van der Waals surface area contributed by atoms with Crippen LogP contribution in [0.5, 0.6) is 0 Å². The summed E-state index contributed by atoms with van der Waals surface area (Å²) < 4.78 is 40.7. The molecule has 0 radical (unpaired) electrons. The van der Waals surface area contributed by atoms with Crippen LogP contribution in [0.4, 0.5) is 0 Å². The molecule has 9 heteroatoms. The van der Waals surface area contributed by atoms with Crippen molar-refractivity contribution in [3.05, 3.63) is 30.3 Å². The third-order valence-corrected chi connectivity index (χ3v) is 7.52. The number of rotatable bonds is 10. The van der Waals surface area contributed by atoms with Gasteiger partial charge in [0, 0.05) is 0 Å². The highest BCUT2D eigenvalue weighted by atomic mass is 32.2. The Hall–Kier alpha value is -1.42. The monoisotopic (exact) mass is 466 g/mol. The van der Waals surface area contributed by atoms with Crippen LogP contribution in [0.1, 0.15) is 68.2 Å². The van der Waals surface area contributed by atoms with Gasteiger partial charge in [-0.15, -0.1) is 0 Å². The Morgan fingerprint density at radius 1 is 0.938 bits per heavy atom. The lowest BCUT2D eigenvalue weighted by Gasteiger charge is -2.32. The zero-order valence-electron chi connectivity index (χ0n) is 20.6. The zero-order valence-corrected chi connectivity index (χ0v) is 21.5. The number of hydrogen-bond acceptors (Lipinski definition) is 5. The van der Waals surface area contributed by atoms with Crippen molar-refractivity contribution in [2.24, 2.45) is 11.8 Å². The number of sulfonamides is 1. The third kappa shape index (κ3) is 6.79. The molecule has 1 aliphatic rings. The summed E-state index contributed by atoms with van der Waals surface area (Å²) >= 11 is 0. The van der Waals surface area contributed by atoms with Gasteiger partial charge in [-0.25, -0.2) is 8.42 Å². The summed E-state index contributed by atoms with van der Waals surface area (Å²) in [5.41, 5.74) is -1.05. The van der Waals surface area contributed by atoms with E-state index >= 15 is 0 Å². The molecule has 1 aliphatic heterocycles. The van der Waals surface area contributed by atoms with Crippen LogP contribution < -0.4 is 10.0 Å². The topological polar surface area (TPSA) is 93.7 Å². The highest BCUT2D eigenvalue weighted by molar-refractivity contribution is 7.89. The van der Waals surface area contributed by atoms with Gasteiger partial charge in [0.25, 0.3) is 0 Å². The Bertz CT molecular complexity index is 856. The van der Waals surface area contributed by atoms with Crippen LogP contribution in [0, 0.1) is 11.8 Å². The first kappa shape index (κ1) is 26.8. The molecule has 0 aliphatic carbocycles. The normalized spacial score (nSPS) is 19.9. The molecule has 1 aromatic carbocycles. The first-order valence-corrected chi connectivity index (χ1v) is 12.9. The molecule has 0 unspecified atom stereocenters. The van der Waals surface area contributed by atoms with Crippen molar-refractivity contribution >= 4 is 23.0 Å². The molecule has 2 atom stereocenters. The molecular formula is C23H39BN2O5S. The molecule has 2 N–H and O–H groups in total. The Kier molecular flexibility index (Phi) is 8.59. The lowest BCUT2D eigenvalue weighted by Crippen LogP contribution is -2.55. The van der Waals surface area contributed by atoms with Gasteiger partial charge in [-0.3, -0.25) is 4.79 Å². The molecule has 180 valence electrons. The molecule has 1 aromatic rings. The maximum absolute atomic E-state index is 13.3. The van der Waals surface area contributed by atoms with Crippen LogP contribution in [0.25, 0.3) is 0 Å². The van der Waals surface area contributed by atoms with Crippen LogP contribution in [0.3, 0.4) is 0 Å². The van der Waals surface area contributed by atoms with E-state index in [1.807, 2.05) is 41.5 Å². The molecule has 0 spiro atoms. The summed E-state index contributed by atoms with van der Waals surface area (Å²) in [6.45, 7) is 15.9. The predicted molar refractivity (Wildman–Crippen MR) is 127 cm³/mol. The molecule has 1 saturated heterocycles. The van der Waals surface area contributed by atoms with Gasteiger partial charge in [-0.1, -0.05) is 45.9 Å².